The lowest BCUT2D eigenvalue weighted by Crippen LogP contribution is -2.15. The predicted molar refractivity (Wildman–Crippen MR) is 234 cm³/mol. The van der Waals surface area contributed by atoms with Gasteiger partial charge in [-0.3, -0.25) is 0 Å². The average Bonchev–Trinajstić information content (AvgIpc) is 3.91. The Morgan fingerprint density at radius 1 is 0.393 bits per heavy atom. The van der Waals surface area contributed by atoms with Gasteiger partial charge in [0.05, 0.1) is 11.0 Å². The van der Waals surface area contributed by atoms with Crippen LogP contribution in [0, 0.1) is 0 Å². The molecule has 0 atom stereocenters. The Labute approximate surface area is 326 Å². The standard InChI is InChI=1S/C54H39NO/c1-53(2)44-16-10-8-14-37(44)38-22-21-36(31-46(38)53)55-47-25-19-33(32-12-6-5-7-13-32)29-42(47)43-30-35(20-26-48(43)55)34-18-24-45-41(28-34)39-23-27-50-51(52(39)54(45,3)4)40-15-9-11-17-49(40)56-50/h5-31H,1-4H3. The van der Waals surface area contributed by atoms with Crippen molar-refractivity contribution in [2.45, 2.75) is 38.5 Å². The SMILES string of the molecule is CC1(C)c2ccccc2-c2ccc(-n3c4ccc(-c5ccccc5)cc4c4cc(-c5ccc6c(c5)-c5ccc7oc8ccccc8c7c5C6(C)C)ccc43)cc21. The molecule has 10 aromatic rings. The maximum absolute atomic E-state index is 6.35. The van der Waals surface area contributed by atoms with Crippen LogP contribution in [-0.2, 0) is 10.8 Å². The van der Waals surface area contributed by atoms with Crippen LogP contribution in [-0.4, -0.2) is 4.57 Å². The van der Waals surface area contributed by atoms with E-state index in [2.05, 4.69) is 196 Å². The van der Waals surface area contributed by atoms with E-state index in [1.54, 1.807) is 0 Å². The quantitative estimate of drug-likeness (QED) is 0.178. The fourth-order valence-electron chi connectivity index (χ4n) is 10.4. The number of hydrogen-bond donors (Lipinski definition) is 0. The molecular formula is C54H39NO. The van der Waals surface area contributed by atoms with Gasteiger partial charge in [0.2, 0.25) is 0 Å². The second-order valence-corrected chi connectivity index (χ2v) is 16.9. The highest BCUT2D eigenvalue weighted by Crippen LogP contribution is 2.54. The molecule has 12 rings (SSSR count). The molecule has 266 valence electrons. The summed E-state index contributed by atoms with van der Waals surface area (Å²) >= 11 is 0. The third-order valence-electron chi connectivity index (χ3n) is 13.2. The zero-order valence-corrected chi connectivity index (χ0v) is 31.9. The van der Waals surface area contributed by atoms with E-state index in [0.717, 1.165) is 11.2 Å². The molecule has 0 fully saturated rings. The highest BCUT2D eigenvalue weighted by molar-refractivity contribution is 6.13. The molecular weight excluding hydrogens is 679 g/mol. The summed E-state index contributed by atoms with van der Waals surface area (Å²) in [5, 5.41) is 4.94. The lowest BCUT2D eigenvalue weighted by atomic mass is 9.80. The van der Waals surface area contributed by atoms with Gasteiger partial charge in [-0.2, -0.15) is 0 Å². The van der Waals surface area contributed by atoms with Crippen molar-refractivity contribution in [1.29, 1.82) is 0 Å². The molecule has 0 bridgehead atoms. The van der Waals surface area contributed by atoms with Crippen molar-refractivity contribution in [3.8, 4) is 50.2 Å². The highest BCUT2D eigenvalue weighted by Gasteiger charge is 2.39. The summed E-state index contributed by atoms with van der Waals surface area (Å²) in [6.07, 6.45) is 0. The van der Waals surface area contributed by atoms with E-state index in [0.29, 0.717) is 0 Å². The number of benzene rings is 8. The Balaban J connectivity index is 1.06. The van der Waals surface area contributed by atoms with Crippen LogP contribution in [0.1, 0.15) is 49.9 Å². The summed E-state index contributed by atoms with van der Waals surface area (Å²) in [6, 6.07) is 60.8. The third kappa shape index (κ3) is 4.16. The first-order valence-corrected chi connectivity index (χ1v) is 19.8. The summed E-state index contributed by atoms with van der Waals surface area (Å²) in [6.45, 7) is 9.45. The van der Waals surface area contributed by atoms with E-state index >= 15 is 0 Å². The van der Waals surface area contributed by atoms with E-state index in [-0.39, 0.29) is 10.8 Å². The van der Waals surface area contributed by atoms with Gasteiger partial charge in [0, 0.05) is 38.1 Å². The van der Waals surface area contributed by atoms with E-state index in [9.17, 15) is 0 Å². The monoisotopic (exact) mass is 717 g/mol. The summed E-state index contributed by atoms with van der Waals surface area (Å²) in [4.78, 5) is 0. The second-order valence-electron chi connectivity index (χ2n) is 16.9. The normalized spacial score (nSPS) is 14.7. The van der Waals surface area contributed by atoms with Crippen LogP contribution in [0.5, 0.6) is 0 Å². The van der Waals surface area contributed by atoms with Crippen LogP contribution >= 0.6 is 0 Å². The van der Waals surface area contributed by atoms with Crippen LogP contribution in [0.2, 0.25) is 0 Å². The molecule has 0 N–H and O–H groups in total. The molecule has 2 aliphatic rings. The smallest absolute Gasteiger partial charge is 0.135 e. The van der Waals surface area contributed by atoms with Crippen molar-refractivity contribution in [3.63, 3.8) is 0 Å². The van der Waals surface area contributed by atoms with Gasteiger partial charge in [-0.05, 0) is 121 Å². The number of aromatic nitrogens is 1. The molecule has 0 radical (unpaired) electrons. The number of furan rings is 1. The molecule has 2 aliphatic carbocycles. The largest absolute Gasteiger partial charge is 0.456 e. The molecule has 0 saturated heterocycles. The van der Waals surface area contributed by atoms with Crippen molar-refractivity contribution in [2.75, 3.05) is 0 Å². The molecule has 0 amide bonds. The third-order valence-corrected chi connectivity index (χ3v) is 13.2. The number of rotatable bonds is 3. The first kappa shape index (κ1) is 31.7. The molecule has 0 unspecified atom stereocenters. The topological polar surface area (TPSA) is 18.1 Å². The first-order chi connectivity index (χ1) is 27.3. The summed E-state index contributed by atoms with van der Waals surface area (Å²) < 4.78 is 8.83. The minimum atomic E-state index is -0.160. The van der Waals surface area contributed by atoms with Crippen LogP contribution in [0.15, 0.2) is 168 Å². The van der Waals surface area contributed by atoms with E-state index in [4.69, 9.17) is 4.42 Å². The van der Waals surface area contributed by atoms with Gasteiger partial charge in [0.25, 0.3) is 0 Å². The van der Waals surface area contributed by atoms with Crippen molar-refractivity contribution in [3.05, 3.63) is 186 Å². The lowest BCUT2D eigenvalue weighted by Gasteiger charge is -2.22. The molecule has 2 aromatic heterocycles. The lowest BCUT2D eigenvalue weighted by molar-refractivity contribution is 0.657. The van der Waals surface area contributed by atoms with Crippen LogP contribution in [0.25, 0.3) is 93.9 Å². The minimum absolute atomic E-state index is 0.0778. The average molecular weight is 718 g/mol. The van der Waals surface area contributed by atoms with Crippen molar-refractivity contribution in [1.82, 2.24) is 4.57 Å². The predicted octanol–water partition coefficient (Wildman–Crippen LogP) is 14.6. The zero-order valence-electron chi connectivity index (χ0n) is 31.9. The van der Waals surface area contributed by atoms with Gasteiger partial charge < -0.3 is 8.98 Å². The van der Waals surface area contributed by atoms with Crippen molar-refractivity contribution >= 4 is 43.7 Å². The number of fused-ring (bicyclic) bond motifs is 13. The second kappa shape index (κ2) is 11.0. The fourth-order valence-corrected chi connectivity index (χ4v) is 10.4. The van der Waals surface area contributed by atoms with Crippen molar-refractivity contribution < 1.29 is 4.42 Å². The minimum Gasteiger partial charge on any atom is -0.456 e. The Kier molecular flexibility index (Phi) is 6.22. The summed E-state index contributed by atoms with van der Waals surface area (Å²) in [7, 11) is 0. The molecule has 0 aliphatic heterocycles. The van der Waals surface area contributed by atoms with Crippen molar-refractivity contribution in [2.24, 2.45) is 0 Å². The number of hydrogen-bond acceptors (Lipinski definition) is 1. The van der Waals surface area contributed by atoms with E-state index in [1.165, 1.54) is 105 Å². The maximum Gasteiger partial charge on any atom is 0.135 e. The molecule has 2 heterocycles. The molecule has 2 nitrogen and oxygen atoms in total. The van der Waals surface area contributed by atoms with Gasteiger partial charge in [-0.1, -0.05) is 137 Å². The summed E-state index contributed by atoms with van der Waals surface area (Å²) in [5.41, 5.74) is 21.0. The number of para-hydroxylation sites is 1. The Bertz CT molecular complexity index is 3300. The van der Waals surface area contributed by atoms with E-state index < -0.39 is 0 Å². The van der Waals surface area contributed by atoms with Gasteiger partial charge >= 0.3 is 0 Å². The molecule has 8 aromatic carbocycles. The van der Waals surface area contributed by atoms with Crippen LogP contribution < -0.4 is 0 Å². The van der Waals surface area contributed by atoms with Gasteiger partial charge in [0.15, 0.2) is 0 Å². The Morgan fingerprint density at radius 2 is 1.02 bits per heavy atom. The Hall–Kier alpha value is -6.64. The molecule has 0 spiro atoms. The molecule has 2 heteroatoms. The van der Waals surface area contributed by atoms with Crippen LogP contribution in [0.4, 0.5) is 0 Å². The first-order valence-electron chi connectivity index (χ1n) is 19.8. The van der Waals surface area contributed by atoms with Gasteiger partial charge in [-0.25, -0.2) is 0 Å². The molecule has 56 heavy (non-hydrogen) atoms. The fraction of sp³-hybridized carbons (Fsp3) is 0.111. The van der Waals surface area contributed by atoms with Gasteiger partial charge in [-0.15, -0.1) is 0 Å². The summed E-state index contributed by atoms with van der Waals surface area (Å²) in [5.74, 6) is 0. The maximum atomic E-state index is 6.35. The molecule has 0 saturated carbocycles. The Morgan fingerprint density at radius 3 is 1.82 bits per heavy atom. The van der Waals surface area contributed by atoms with E-state index in [1.807, 2.05) is 0 Å². The highest BCUT2D eigenvalue weighted by atomic mass is 16.3. The van der Waals surface area contributed by atoms with Crippen LogP contribution in [0.3, 0.4) is 0 Å². The van der Waals surface area contributed by atoms with Gasteiger partial charge in [0.1, 0.15) is 11.2 Å². The number of nitrogens with zero attached hydrogens (tertiary/aromatic N) is 1. The zero-order chi connectivity index (χ0) is 37.5.